The number of ether oxygens (including phenoxy) is 2. The number of aliphatic hydroxyl groups is 1. The molecule has 2 bridgehead atoms. The summed E-state index contributed by atoms with van der Waals surface area (Å²) in [4.78, 5) is 51.0. The molecule has 4 aliphatic rings. The van der Waals surface area contributed by atoms with E-state index in [-0.39, 0.29) is 30.3 Å². The maximum atomic E-state index is 13.8. The van der Waals surface area contributed by atoms with Gasteiger partial charge in [0.25, 0.3) is 0 Å². The third kappa shape index (κ3) is 2.81. The maximum absolute atomic E-state index is 13.8. The number of fused-ring (bicyclic) bond motifs is 3. The second kappa shape index (κ2) is 6.74. The Hall–Kier alpha value is -2.02. The number of allylic oxidation sites excluding steroid dienone is 1. The van der Waals surface area contributed by atoms with Gasteiger partial charge in [-0.2, -0.15) is 0 Å². The van der Waals surface area contributed by atoms with Crippen LogP contribution in [0.3, 0.4) is 0 Å². The van der Waals surface area contributed by atoms with Gasteiger partial charge in [-0.15, -0.1) is 0 Å². The van der Waals surface area contributed by atoms with Crippen molar-refractivity contribution >= 4 is 23.5 Å². The predicted molar refractivity (Wildman–Crippen MR) is 110 cm³/mol. The van der Waals surface area contributed by atoms with Crippen LogP contribution in [0.25, 0.3) is 0 Å². The van der Waals surface area contributed by atoms with Crippen molar-refractivity contribution in [2.75, 3.05) is 0 Å². The van der Waals surface area contributed by atoms with Crippen molar-refractivity contribution in [3.8, 4) is 0 Å². The Balaban J connectivity index is 1.90. The standard InChI is InChI=1S/C24H32O7/c1-11-14-7-15(27)20-23(6)18(31-13(3)26)8-17(30-12(2)25)22(4,5)19(23)16(28)10-24(20,9-14)21(11)29/h14-15,17-20,27H,1,7-10H2,2-6H3/t14-,15+,17+,18+,19-,20+,23-,24+/m1/s1. The molecule has 0 aromatic carbocycles. The van der Waals surface area contributed by atoms with Gasteiger partial charge in [-0.1, -0.05) is 27.4 Å². The fourth-order valence-corrected chi connectivity index (χ4v) is 7.98. The molecule has 31 heavy (non-hydrogen) atoms. The van der Waals surface area contributed by atoms with E-state index in [9.17, 15) is 24.3 Å². The summed E-state index contributed by atoms with van der Waals surface area (Å²) in [6, 6.07) is 0. The Kier molecular flexibility index (Phi) is 4.82. The molecule has 0 amide bonds. The van der Waals surface area contributed by atoms with Gasteiger partial charge in [-0.05, 0) is 24.3 Å². The van der Waals surface area contributed by atoms with Gasteiger partial charge in [0.1, 0.15) is 18.0 Å². The number of carbonyl (C=O) groups excluding carboxylic acids is 4. The summed E-state index contributed by atoms with van der Waals surface area (Å²) < 4.78 is 11.3. The van der Waals surface area contributed by atoms with Crippen molar-refractivity contribution in [3.63, 3.8) is 0 Å². The highest BCUT2D eigenvalue weighted by Crippen LogP contribution is 2.70. The number of hydrogen-bond donors (Lipinski definition) is 1. The zero-order valence-electron chi connectivity index (χ0n) is 18.9. The van der Waals surface area contributed by atoms with Crippen LogP contribution in [0.2, 0.25) is 0 Å². The zero-order valence-corrected chi connectivity index (χ0v) is 18.9. The number of carbonyl (C=O) groups is 4. The molecule has 1 N–H and O–H groups in total. The summed E-state index contributed by atoms with van der Waals surface area (Å²) in [6.07, 6.45) is -1.06. The maximum Gasteiger partial charge on any atom is 0.302 e. The molecule has 4 aliphatic carbocycles. The van der Waals surface area contributed by atoms with E-state index < -0.39 is 58.3 Å². The molecule has 4 saturated carbocycles. The van der Waals surface area contributed by atoms with Gasteiger partial charge >= 0.3 is 11.9 Å². The lowest BCUT2D eigenvalue weighted by molar-refractivity contribution is -0.247. The molecular formula is C24H32O7. The normalized spacial score (nSPS) is 45.5. The molecule has 0 aromatic heterocycles. The highest BCUT2D eigenvalue weighted by atomic mass is 16.6. The van der Waals surface area contributed by atoms with E-state index in [1.165, 1.54) is 13.8 Å². The lowest BCUT2D eigenvalue weighted by Crippen LogP contribution is -2.71. The highest BCUT2D eigenvalue weighted by Gasteiger charge is 2.75. The third-order valence-electron chi connectivity index (χ3n) is 8.77. The first-order valence-corrected chi connectivity index (χ1v) is 11.1. The summed E-state index contributed by atoms with van der Waals surface area (Å²) in [6.45, 7) is 12.2. The van der Waals surface area contributed by atoms with Gasteiger partial charge in [0.2, 0.25) is 0 Å². The molecular weight excluding hydrogens is 400 g/mol. The Morgan fingerprint density at radius 3 is 2.19 bits per heavy atom. The quantitative estimate of drug-likeness (QED) is 0.527. The number of rotatable bonds is 2. The van der Waals surface area contributed by atoms with Crippen molar-refractivity contribution in [2.45, 2.75) is 78.6 Å². The van der Waals surface area contributed by atoms with Gasteiger partial charge in [0.05, 0.1) is 6.10 Å². The Labute approximate surface area is 182 Å². The molecule has 0 aromatic rings. The molecule has 0 unspecified atom stereocenters. The lowest BCUT2D eigenvalue weighted by Gasteiger charge is -2.65. The summed E-state index contributed by atoms with van der Waals surface area (Å²) in [5.74, 6) is -2.53. The highest BCUT2D eigenvalue weighted by molar-refractivity contribution is 6.06. The number of hydrogen-bond acceptors (Lipinski definition) is 7. The van der Waals surface area contributed by atoms with Gasteiger partial charge in [0.15, 0.2) is 5.78 Å². The Bertz CT molecular complexity index is 888. The molecule has 8 atom stereocenters. The van der Waals surface area contributed by atoms with E-state index in [0.717, 1.165) is 0 Å². The largest absolute Gasteiger partial charge is 0.462 e. The van der Waals surface area contributed by atoms with Crippen molar-refractivity contribution in [1.29, 1.82) is 0 Å². The predicted octanol–water partition coefficient (Wildman–Crippen LogP) is 2.39. The minimum absolute atomic E-state index is 0.0341. The van der Waals surface area contributed by atoms with E-state index in [2.05, 4.69) is 6.58 Å². The minimum Gasteiger partial charge on any atom is -0.462 e. The van der Waals surface area contributed by atoms with Crippen molar-refractivity contribution in [1.82, 2.24) is 0 Å². The van der Waals surface area contributed by atoms with Crippen LogP contribution in [0.5, 0.6) is 0 Å². The smallest absolute Gasteiger partial charge is 0.302 e. The monoisotopic (exact) mass is 432 g/mol. The number of aliphatic hydroxyl groups excluding tert-OH is 1. The number of Topliss-reactive ketones (excluding diaryl/α,β-unsaturated/α-hetero) is 2. The van der Waals surface area contributed by atoms with Crippen LogP contribution in [0, 0.1) is 34.0 Å². The van der Waals surface area contributed by atoms with Gasteiger partial charge in [-0.25, -0.2) is 0 Å². The van der Waals surface area contributed by atoms with Gasteiger partial charge < -0.3 is 14.6 Å². The first-order valence-electron chi connectivity index (χ1n) is 11.1. The lowest BCUT2D eigenvalue weighted by atomic mass is 9.39. The Morgan fingerprint density at radius 1 is 1.03 bits per heavy atom. The number of esters is 2. The van der Waals surface area contributed by atoms with Crippen molar-refractivity contribution in [2.24, 2.45) is 34.0 Å². The molecule has 0 aliphatic heterocycles. The zero-order chi connectivity index (χ0) is 23.1. The first kappa shape index (κ1) is 22.2. The molecule has 0 radical (unpaired) electrons. The first-order chi connectivity index (χ1) is 14.3. The van der Waals surface area contributed by atoms with Crippen molar-refractivity contribution in [3.05, 3.63) is 12.2 Å². The van der Waals surface area contributed by atoms with E-state index >= 15 is 0 Å². The molecule has 4 rings (SSSR count). The van der Waals surface area contributed by atoms with Crippen LogP contribution in [-0.4, -0.2) is 46.9 Å². The minimum atomic E-state index is -1.01. The van der Waals surface area contributed by atoms with Crippen molar-refractivity contribution < 1.29 is 33.8 Å². The second-order valence-electron chi connectivity index (χ2n) is 10.9. The summed E-state index contributed by atoms with van der Waals surface area (Å²) in [5.41, 5.74) is -2.25. The molecule has 7 nitrogen and oxygen atoms in total. The molecule has 7 heteroatoms. The van der Waals surface area contributed by atoms with Gasteiger partial charge in [-0.3, -0.25) is 19.2 Å². The average molecular weight is 433 g/mol. The second-order valence-corrected chi connectivity index (χ2v) is 10.9. The molecule has 1 spiro atoms. The van der Waals surface area contributed by atoms with Crippen LogP contribution >= 0.6 is 0 Å². The SMILES string of the molecule is C=C1C(=O)[C@@]23CC(=O)[C@@H]4C(C)(C)[C@@H](OC(C)=O)C[C@H](OC(C)=O)[C@@]4(C)[C@@H]2[C@@H](O)C[C@@H]1C3. The summed E-state index contributed by atoms with van der Waals surface area (Å²) >= 11 is 0. The topological polar surface area (TPSA) is 107 Å². The molecule has 4 fully saturated rings. The number of ketones is 2. The molecule has 0 saturated heterocycles. The van der Waals surface area contributed by atoms with Crippen LogP contribution in [0.15, 0.2) is 12.2 Å². The molecule has 170 valence electrons. The Morgan fingerprint density at radius 2 is 1.61 bits per heavy atom. The third-order valence-corrected chi connectivity index (χ3v) is 8.77. The van der Waals surface area contributed by atoms with E-state index in [4.69, 9.17) is 9.47 Å². The van der Waals surface area contributed by atoms with Crippen LogP contribution in [0.1, 0.15) is 60.3 Å². The average Bonchev–Trinajstić information content (AvgIpc) is 2.79. The molecule has 0 heterocycles. The summed E-state index contributed by atoms with van der Waals surface area (Å²) in [7, 11) is 0. The van der Waals surface area contributed by atoms with Gasteiger partial charge in [0, 0.05) is 54.8 Å². The van der Waals surface area contributed by atoms with Crippen LogP contribution in [0.4, 0.5) is 0 Å². The van der Waals surface area contributed by atoms with E-state index in [1.807, 2.05) is 20.8 Å². The fraction of sp³-hybridized carbons (Fsp3) is 0.750. The fourth-order valence-electron chi connectivity index (χ4n) is 7.98. The van der Waals surface area contributed by atoms with Crippen LogP contribution < -0.4 is 0 Å². The summed E-state index contributed by atoms with van der Waals surface area (Å²) in [5, 5.41) is 11.3. The van der Waals surface area contributed by atoms with E-state index in [0.29, 0.717) is 18.4 Å². The van der Waals surface area contributed by atoms with Crippen LogP contribution in [-0.2, 0) is 28.7 Å². The van der Waals surface area contributed by atoms with E-state index in [1.54, 1.807) is 0 Å².